The lowest BCUT2D eigenvalue weighted by atomic mass is 10.2. The van der Waals surface area contributed by atoms with E-state index >= 15 is 0 Å². The van der Waals surface area contributed by atoms with Crippen LogP contribution in [-0.4, -0.2) is 20.6 Å². The average Bonchev–Trinajstić information content (AvgIpc) is 2.54. The highest BCUT2D eigenvalue weighted by Crippen LogP contribution is 2.31. The third-order valence-electron chi connectivity index (χ3n) is 3.08. The van der Waals surface area contributed by atoms with Gasteiger partial charge in [0.1, 0.15) is 11.0 Å². The number of phenolic OH excluding ortho intramolecular Hbond substituents is 1. The standard InChI is InChI=1S/C16H11Cl2NO4S/c1-23-15-5-2-10(7-14(15)20)6-12(9-19)24(21,22)16-8-11(17)3-4-13(16)18/h2-8,20H,1H3/b12-6+. The predicted octanol–water partition coefficient (Wildman–Crippen LogP) is 4.05. The van der Waals surface area contributed by atoms with E-state index in [2.05, 4.69) is 0 Å². The lowest BCUT2D eigenvalue weighted by Crippen LogP contribution is -2.04. The molecule has 0 aliphatic carbocycles. The topological polar surface area (TPSA) is 87.4 Å². The van der Waals surface area contributed by atoms with E-state index in [1.165, 1.54) is 43.5 Å². The van der Waals surface area contributed by atoms with Gasteiger partial charge in [-0.3, -0.25) is 0 Å². The molecule has 5 nitrogen and oxygen atoms in total. The van der Waals surface area contributed by atoms with Crippen LogP contribution in [0, 0.1) is 11.3 Å². The highest BCUT2D eigenvalue weighted by atomic mass is 35.5. The van der Waals surface area contributed by atoms with Gasteiger partial charge in [0.05, 0.1) is 17.0 Å². The molecule has 0 unspecified atom stereocenters. The van der Waals surface area contributed by atoms with Gasteiger partial charge in [-0.05, 0) is 42.0 Å². The van der Waals surface area contributed by atoms with Gasteiger partial charge in [-0.1, -0.05) is 29.3 Å². The van der Waals surface area contributed by atoms with E-state index in [0.29, 0.717) is 5.56 Å². The summed E-state index contributed by atoms with van der Waals surface area (Å²) in [6, 6.07) is 9.84. The number of nitriles is 1. The number of nitrogens with zero attached hydrogens (tertiary/aromatic N) is 1. The first-order chi connectivity index (χ1) is 11.3. The largest absolute Gasteiger partial charge is 0.504 e. The van der Waals surface area contributed by atoms with Crippen LogP contribution in [0.2, 0.25) is 10.0 Å². The Morgan fingerprint density at radius 1 is 1.25 bits per heavy atom. The lowest BCUT2D eigenvalue weighted by molar-refractivity contribution is 0.373. The molecule has 2 aromatic rings. The third-order valence-corrected chi connectivity index (χ3v) is 5.46. The van der Waals surface area contributed by atoms with E-state index in [-0.39, 0.29) is 26.4 Å². The van der Waals surface area contributed by atoms with Crippen molar-refractivity contribution in [3.05, 3.63) is 56.9 Å². The molecule has 2 aromatic carbocycles. The molecule has 0 atom stereocenters. The number of methoxy groups -OCH3 is 1. The molecule has 124 valence electrons. The van der Waals surface area contributed by atoms with Gasteiger partial charge in [-0.15, -0.1) is 0 Å². The second-order valence-corrected chi connectivity index (χ2v) is 7.36. The zero-order valence-electron chi connectivity index (χ0n) is 12.3. The average molecular weight is 384 g/mol. The molecule has 8 heteroatoms. The summed E-state index contributed by atoms with van der Waals surface area (Å²) in [5, 5.41) is 19.1. The summed E-state index contributed by atoms with van der Waals surface area (Å²) < 4.78 is 30.2. The molecule has 2 rings (SSSR count). The number of ether oxygens (including phenoxy) is 1. The maximum Gasteiger partial charge on any atom is 0.218 e. The molecule has 0 amide bonds. The van der Waals surface area contributed by atoms with E-state index in [0.717, 1.165) is 6.08 Å². The lowest BCUT2D eigenvalue weighted by Gasteiger charge is -2.07. The first kappa shape index (κ1) is 18.1. The summed E-state index contributed by atoms with van der Waals surface area (Å²) in [4.78, 5) is -0.793. The molecule has 1 N–H and O–H groups in total. The van der Waals surface area contributed by atoms with Gasteiger partial charge < -0.3 is 9.84 Å². The molecule has 24 heavy (non-hydrogen) atoms. The van der Waals surface area contributed by atoms with Gasteiger partial charge in [-0.25, -0.2) is 8.42 Å². The first-order valence-electron chi connectivity index (χ1n) is 6.48. The van der Waals surface area contributed by atoms with Crippen LogP contribution < -0.4 is 4.74 Å². The summed E-state index contributed by atoms with van der Waals surface area (Å²) >= 11 is 11.7. The molecule has 0 aromatic heterocycles. The molecule has 0 radical (unpaired) electrons. The predicted molar refractivity (Wildman–Crippen MR) is 91.9 cm³/mol. The van der Waals surface area contributed by atoms with E-state index < -0.39 is 14.7 Å². The summed E-state index contributed by atoms with van der Waals surface area (Å²) in [7, 11) is -2.77. The first-order valence-corrected chi connectivity index (χ1v) is 8.72. The number of rotatable bonds is 4. The molecule has 0 spiro atoms. The van der Waals surface area contributed by atoms with Crippen molar-refractivity contribution in [2.24, 2.45) is 0 Å². The minimum atomic E-state index is -4.16. The number of benzene rings is 2. The summed E-state index contributed by atoms with van der Waals surface area (Å²) in [5.41, 5.74) is 0.312. The number of halogens is 2. The second kappa shape index (κ2) is 7.14. The van der Waals surface area contributed by atoms with Gasteiger partial charge in [0.25, 0.3) is 0 Å². The van der Waals surface area contributed by atoms with Crippen molar-refractivity contribution in [3.8, 4) is 17.6 Å². The fraction of sp³-hybridized carbons (Fsp3) is 0.0625. The van der Waals surface area contributed by atoms with Gasteiger partial charge in [-0.2, -0.15) is 5.26 Å². The number of sulfone groups is 1. The highest BCUT2D eigenvalue weighted by molar-refractivity contribution is 7.95. The van der Waals surface area contributed by atoms with Crippen LogP contribution in [0.25, 0.3) is 6.08 Å². The van der Waals surface area contributed by atoms with Gasteiger partial charge >= 0.3 is 0 Å². The quantitative estimate of drug-likeness (QED) is 0.804. The Hall–Kier alpha value is -2.20. The van der Waals surface area contributed by atoms with Crippen LogP contribution >= 0.6 is 23.2 Å². The van der Waals surface area contributed by atoms with Crippen LogP contribution in [0.4, 0.5) is 0 Å². The third kappa shape index (κ3) is 3.65. The number of allylic oxidation sites excluding steroid dienone is 1. The van der Waals surface area contributed by atoms with Crippen molar-refractivity contribution in [3.63, 3.8) is 0 Å². The van der Waals surface area contributed by atoms with E-state index in [9.17, 15) is 18.8 Å². The Kier molecular flexibility index (Phi) is 5.40. The normalized spacial score (nSPS) is 11.8. The Labute approximate surface area is 149 Å². The molecule has 0 bridgehead atoms. The van der Waals surface area contributed by atoms with Gasteiger partial charge in [0.2, 0.25) is 9.84 Å². The zero-order chi connectivity index (χ0) is 17.9. The van der Waals surface area contributed by atoms with Crippen LogP contribution in [-0.2, 0) is 9.84 Å². The molecule has 0 saturated heterocycles. The van der Waals surface area contributed by atoms with Crippen molar-refractivity contribution in [2.75, 3.05) is 7.11 Å². The molecule has 0 heterocycles. The fourth-order valence-corrected chi connectivity index (χ4v) is 3.83. The van der Waals surface area contributed by atoms with E-state index in [1.54, 1.807) is 6.07 Å². The number of aromatic hydroxyl groups is 1. The molecular weight excluding hydrogens is 373 g/mol. The maximum atomic E-state index is 12.6. The van der Waals surface area contributed by atoms with Crippen molar-refractivity contribution in [2.45, 2.75) is 4.90 Å². The summed E-state index contributed by atoms with van der Waals surface area (Å²) in [5.74, 6) is 0.0492. The van der Waals surface area contributed by atoms with Crippen molar-refractivity contribution in [1.29, 1.82) is 5.26 Å². The van der Waals surface area contributed by atoms with E-state index in [4.69, 9.17) is 27.9 Å². The zero-order valence-corrected chi connectivity index (χ0v) is 14.7. The van der Waals surface area contributed by atoms with Crippen molar-refractivity contribution < 1.29 is 18.3 Å². The Balaban J connectivity index is 2.56. The monoisotopic (exact) mass is 383 g/mol. The minimum absolute atomic E-state index is 0.0434. The Morgan fingerprint density at radius 2 is 1.96 bits per heavy atom. The molecule has 0 aliphatic heterocycles. The van der Waals surface area contributed by atoms with Crippen molar-refractivity contribution in [1.82, 2.24) is 0 Å². The van der Waals surface area contributed by atoms with Crippen LogP contribution in [0.1, 0.15) is 5.56 Å². The SMILES string of the molecule is COc1ccc(/C=C(\C#N)S(=O)(=O)c2cc(Cl)ccc2Cl)cc1O. The molecule has 0 fully saturated rings. The number of hydrogen-bond donors (Lipinski definition) is 1. The van der Waals surface area contributed by atoms with Crippen LogP contribution in [0.3, 0.4) is 0 Å². The number of hydrogen-bond acceptors (Lipinski definition) is 5. The fourth-order valence-electron chi connectivity index (χ4n) is 1.92. The maximum absolute atomic E-state index is 12.6. The molecule has 0 aliphatic rings. The molecule has 0 saturated carbocycles. The van der Waals surface area contributed by atoms with Crippen molar-refractivity contribution >= 4 is 39.1 Å². The van der Waals surface area contributed by atoms with Gasteiger partial charge in [0, 0.05) is 5.02 Å². The van der Waals surface area contributed by atoms with Crippen LogP contribution in [0.5, 0.6) is 11.5 Å². The van der Waals surface area contributed by atoms with E-state index in [1.807, 2.05) is 0 Å². The Bertz CT molecular complexity index is 963. The smallest absolute Gasteiger partial charge is 0.218 e. The molecular formula is C16H11Cl2NO4S. The summed E-state index contributed by atoms with van der Waals surface area (Å²) in [6.07, 6.45) is 1.13. The second-order valence-electron chi connectivity index (χ2n) is 4.63. The van der Waals surface area contributed by atoms with Crippen LogP contribution in [0.15, 0.2) is 46.2 Å². The minimum Gasteiger partial charge on any atom is -0.504 e. The Morgan fingerprint density at radius 3 is 2.54 bits per heavy atom. The summed E-state index contributed by atoms with van der Waals surface area (Å²) in [6.45, 7) is 0. The highest BCUT2D eigenvalue weighted by Gasteiger charge is 2.24. The number of phenols is 1. The van der Waals surface area contributed by atoms with Gasteiger partial charge in [0.15, 0.2) is 11.5 Å².